The molecular formula is C22H21N5O2. The summed E-state index contributed by atoms with van der Waals surface area (Å²) in [4.78, 5) is 13.1. The predicted molar refractivity (Wildman–Crippen MR) is 111 cm³/mol. The number of carbonyl (C=O) groups is 1. The number of carbonyl (C=O) groups excluding carboxylic acids is 1. The molecule has 0 saturated carbocycles. The number of methoxy groups -OCH3 is 1. The maximum Gasteiger partial charge on any atom is 0.260 e. The molecule has 0 aliphatic carbocycles. The quantitative estimate of drug-likeness (QED) is 0.565. The van der Waals surface area contributed by atoms with Gasteiger partial charge in [0.05, 0.1) is 24.1 Å². The highest BCUT2D eigenvalue weighted by Crippen LogP contribution is 2.26. The zero-order valence-corrected chi connectivity index (χ0v) is 16.5. The molecular weight excluding hydrogens is 366 g/mol. The van der Waals surface area contributed by atoms with Gasteiger partial charge in [-0.15, -0.1) is 0 Å². The van der Waals surface area contributed by atoms with E-state index in [0.29, 0.717) is 17.1 Å². The van der Waals surface area contributed by atoms with Gasteiger partial charge in [-0.2, -0.15) is 10.2 Å². The van der Waals surface area contributed by atoms with Gasteiger partial charge in [0.1, 0.15) is 17.3 Å². The van der Waals surface area contributed by atoms with Gasteiger partial charge in [-0.1, -0.05) is 18.2 Å². The van der Waals surface area contributed by atoms with Crippen LogP contribution in [0.15, 0.2) is 66.9 Å². The maximum absolute atomic E-state index is 13.1. The lowest BCUT2D eigenvalue weighted by Gasteiger charge is -2.06. The number of nitrogens with one attached hydrogen (secondary N) is 1. The van der Waals surface area contributed by atoms with Crippen LogP contribution in [0.3, 0.4) is 0 Å². The van der Waals surface area contributed by atoms with Crippen LogP contribution in [0.25, 0.3) is 16.9 Å². The first-order chi connectivity index (χ1) is 14.0. The molecule has 0 aliphatic rings. The van der Waals surface area contributed by atoms with Crippen LogP contribution in [0.4, 0.5) is 5.82 Å². The van der Waals surface area contributed by atoms with Crippen LogP contribution in [-0.2, 0) is 7.05 Å². The number of amides is 1. The van der Waals surface area contributed by atoms with E-state index in [1.165, 1.54) is 0 Å². The average Bonchev–Trinajstić information content (AvgIpc) is 3.32. The molecule has 0 radical (unpaired) electrons. The van der Waals surface area contributed by atoms with E-state index in [4.69, 9.17) is 4.74 Å². The number of ether oxygens (including phenoxy) is 1. The third kappa shape index (κ3) is 3.75. The largest absolute Gasteiger partial charge is 0.497 e. The molecule has 4 rings (SSSR count). The van der Waals surface area contributed by atoms with Crippen LogP contribution >= 0.6 is 0 Å². The molecule has 1 N–H and O–H groups in total. The van der Waals surface area contributed by atoms with Gasteiger partial charge < -0.3 is 10.1 Å². The zero-order valence-electron chi connectivity index (χ0n) is 16.5. The lowest BCUT2D eigenvalue weighted by molar-refractivity contribution is 0.102. The summed E-state index contributed by atoms with van der Waals surface area (Å²) in [6.07, 6.45) is 1.74. The Morgan fingerprint density at radius 3 is 2.38 bits per heavy atom. The van der Waals surface area contributed by atoms with Crippen molar-refractivity contribution >= 4 is 11.7 Å². The number of nitrogens with zero attached hydrogens (tertiary/aromatic N) is 4. The van der Waals surface area contributed by atoms with Gasteiger partial charge in [-0.25, -0.2) is 4.68 Å². The highest BCUT2D eigenvalue weighted by molar-refractivity contribution is 6.07. The molecule has 0 saturated heterocycles. The highest BCUT2D eigenvalue weighted by atomic mass is 16.5. The Kier molecular flexibility index (Phi) is 4.87. The third-order valence-electron chi connectivity index (χ3n) is 4.59. The topological polar surface area (TPSA) is 74.0 Å². The molecule has 2 aromatic heterocycles. The second kappa shape index (κ2) is 7.63. The Hall–Kier alpha value is -3.87. The Bertz CT molecular complexity index is 1140. The molecule has 0 spiro atoms. The van der Waals surface area contributed by atoms with Crippen molar-refractivity contribution in [2.75, 3.05) is 12.4 Å². The molecule has 0 fully saturated rings. The summed E-state index contributed by atoms with van der Waals surface area (Å²) in [5, 5.41) is 11.9. The minimum Gasteiger partial charge on any atom is -0.497 e. The standard InChI is InChI=1S/C22H21N5O2/c1-15-13-20(26(2)24-15)23-22(28)19-14-27(17-7-5-4-6-8-17)25-21(19)16-9-11-18(29-3)12-10-16/h4-14H,1-3H3,(H,23,28). The molecule has 7 nitrogen and oxygen atoms in total. The summed E-state index contributed by atoms with van der Waals surface area (Å²) in [5.74, 6) is 1.12. The van der Waals surface area contributed by atoms with Crippen molar-refractivity contribution in [1.82, 2.24) is 19.6 Å². The fourth-order valence-corrected chi connectivity index (χ4v) is 3.13. The summed E-state index contributed by atoms with van der Waals surface area (Å²) < 4.78 is 8.59. The number of aromatic nitrogens is 4. The molecule has 0 unspecified atom stereocenters. The van der Waals surface area contributed by atoms with Crippen molar-refractivity contribution in [1.29, 1.82) is 0 Å². The second-order valence-corrected chi connectivity index (χ2v) is 6.65. The van der Waals surface area contributed by atoms with Crippen molar-refractivity contribution in [2.45, 2.75) is 6.92 Å². The minimum absolute atomic E-state index is 0.249. The molecule has 0 atom stereocenters. The number of anilines is 1. The van der Waals surface area contributed by atoms with Crippen LogP contribution in [0.5, 0.6) is 5.75 Å². The summed E-state index contributed by atoms with van der Waals surface area (Å²) in [6, 6.07) is 19.0. The number of para-hydroxylation sites is 1. The Morgan fingerprint density at radius 1 is 1.03 bits per heavy atom. The van der Waals surface area contributed by atoms with E-state index in [-0.39, 0.29) is 5.91 Å². The number of hydrogen-bond acceptors (Lipinski definition) is 4. The van der Waals surface area contributed by atoms with Gasteiger partial charge in [0, 0.05) is 24.9 Å². The Morgan fingerprint density at radius 2 is 1.76 bits per heavy atom. The van der Waals surface area contributed by atoms with E-state index in [0.717, 1.165) is 22.7 Å². The van der Waals surface area contributed by atoms with E-state index in [1.807, 2.05) is 67.6 Å². The van der Waals surface area contributed by atoms with Gasteiger partial charge in [0.15, 0.2) is 0 Å². The van der Waals surface area contributed by atoms with Crippen molar-refractivity contribution in [3.05, 3.63) is 78.1 Å². The molecule has 7 heteroatoms. The van der Waals surface area contributed by atoms with Crippen molar-refractivity contribution in [3.63, 3.8) is 0 Å². The lowest BCUT2D eigenvalue weighted by Crippen LogP contribution is -2.14. The van der Waals surface area contributed by atoms with Gasteiger partial charge in [-0.05, 0) is 43.3 Å². The molecule has 1 amide bonds. The second-order valence-electron chi connectivity index (χ2n) is 6.65. The van der Waals surface area contributed by atoms with Crippen molar-refractivity contribution in [3.8, 4) is 22.7 Å². The van der Waals surface area contributed by atoms with Crippen molar-refractivity contribution < 1.29 is 9.53 Å². The van der Waals surface area contributed by atoms with Gasteiger partial charge >= 0.3 is 0 Å². The highest BCUT2D eigenvalue weighted by Gasteiger charge is 2.20. The molecule has 2 heterocycles. The molecule has 29 heavy (non-hydrogen) atoms. The zero-order chi connectivity index (χ0) is 20.4. The van der Waals surface area contributed by atoms with E-state index >= 15 is 0 Å². The minimum atomic E-state index is -0.249. The summed E-state index contributed by atoms with van der Waals surface area (Å²) in [5.41, 5.74) is 3.59. The molecule has 0 aliphatic heterocycles. The first-order valence-corrected chi connectivity index (χ1v) is 9.16. The number of rotatable bonds is 5. The summed E-state index contributed by atoms with van der Waals surface area (Å²) in [7, 11) is 3.41. The van der Waals surface area contributed by atoms with Crippen molar-refractivity contribution in [2.24, 2.45) is 7.05 Å². The summed E-state index contributed by atoms with van der Waals surface area (Å²) in [6.45, 7) is 1.88. The van der Waals surface area contributed by atoms with Crippen LogP contribution in [0.1, 0.15) is 16.1 Å². The number of benzene rings is 2. The van der Waals surface area contributed by atoms with Crippen LogP contribution in [0.2, 0.25) is 0 Å². The average molecular weight is 387 g/mol. The summed E-state index contributed by atoms with van der Waals surface area (Å²) >= 11 is 0. The van der Waals surface area contributed by atoms with Gasteiger partial charge in [0.2, 0.25) is 0 Å². The first kappa shape index (κ1) is 18.5. The molecule has 4 aromatic rings. The first-order valence-electron chi connectivity index (χ1n) is 9.16. The fourth-order valence-electron chi connectivity index (χ4n) is 3.13. The number of aryl methyl sites for hydroxylation is 2. The van der Waals surface area contributed by atoms with E-state index in [1.54, 1.807) is 29.7 Å². The Labute approximate surface area is 168 Å². The SMILES string of the molecule is COc1ccc(-c2nn(-c3ccccc3)cc2C(=O)Nc2cc(C)nn2C)cc1. The predicted octanol–water partition coefficient (Wildman–Crippen LogP) is 3.84. The molecule has 2 aromatic carbocycles. The van der Waals surface area contributed by atoms with Crippen LogP contribution in [-0.4, -0.2) is 32.6 Å². The van der Waals surface area contributed by atoms with E-state index < -0.39 is 0 Å². The van der Waals surface area contributed by atoms with E-state index in [9.17, 15) is 4.79 Å². The van der Waals surface area contributed by atoms with Gasteiger partial charge in [-0.3, -0.25) is 9.48 Å². The fraction of sp³-hybridized carbons (Fsp3) is 0.136. The van der Waals surface area contributed by atoms with E-state index in [2.05, 4.69) is 15.5 Å². The molecule has 146 valence electrons. The third-order valence-corrected chi connectivity index (χ3v) is 4.59. The molecule has 0 bridgehead atoms. The van der Waals surface area contributed by atoms with Crippen LogP contribution < -0.4 is 10.1 Å². The monoisotopic (exact) mass is 387 g/mol. The van der Waals surface area contributed by atoms with Gasteiger partial charge in [0.25, 0.3) is 5.91 Å². The smallest absolute Gasteiger partial charge is 0.260 e. The number of hydrogen-bond donors (Lipinski definition) is 1. The van der Waals surface area contributed by atoms with Crippen LogP contribution in [0, 0.1) is 6.92 Å². The maximum atomic E-state index is 13.1. The Balaban J connectivity index is 1.76. The lowest BCUT2D eigenvalue weighted by atomic mass is 10.1. The normalized spacial score (nSPS) is 10.7.